The average molecular weight is 516 g/mol. The number of nitrogens with one attached hydrogen (secondary N) is 2. The second-order valence-electron chi connectivity index (χ2n) is 9.67. The number of benzene rings is 2. The molecule has 0 bridgehead atoms. The van der Waals surface area contributed by atoms with Crippen LogP contribution in [0.2, 0.25) is 20.1 Å². The van der Waals surface area contributed by atoms with Crippen LogP contribution in [-0.2, 0) is 0 Å². The van der Waals surface area contributed by atoms with Crippen LogP contribution in [0.15, 0.2) is 36.4 Å². The normalized spacial score (nSPS) is 22.3. The van der Waals surface area contributed by atoms with Crippen molar-refractivity contribution in [3.63, 3.8) is 0 Å². The lowest BCUT2D eigenvalue weighted by molar-refractivity contribution is 0.0592. The Hall–Kier alpha value is -1.46. The van der Waals surface area contributed by atoms with Crippen molar-refractivity contribution in [3.05, 3.63) is 67.6 Å². The van der Waals surface area contributed by atoms with Crippen molar-refractivity contribution in [2.75, 3.05) is 6.54 Å². The average Bonchev–Trinajstić information content (AvgIpc) is 2.68. The van der Waals surface area contributed by atoms with Gasteiger partial charge in [-0.2, -0.15) is 0 Å². The van der Waals surface area contributed by atoms with Crippen LogP contribution in [0.5, 0.6) is 0 Å². The van der Waals surface area contributed by atoms with E-state index >= 15 is 0 Å². The van der Waals surface area contributed by atoms with E-state index in [-0.39, 0.29) is 28.7 Å². The van der Waals surface area contributed by atoms with Crippen molar-refractivity contribution in [1.82, 2.24) is 10.6 Å². The molecule has 0 heterocycles. The van der Waals surface area contributed by atoms with Crippen LogP contribution >= 0.6 is 46.4 Å². The summed E-state index contributed by atoms with van der Waals surface area (Å²) in [5, 5.41) is 7.67. The maximum atomic E-state index is 12.8. The largest absolute Gasteiger partial charge is 0.351 e. The molecular formula is C24H26Cl4N2O2. The SMILES string of the molecule is CC1(C)C[C@@H](NC(=O)c2ccc(Cl)c(Cl)c2)C[C@@](C)(CNC(=O)c2ccc(Cl)c(Cl)c2)C1. The van der Waals surface area contributed by atoms with Crippen molar-refractivity contribution in [3.8, 4) is 0 Å². The van der Waals surface area contributed by atoms with Gasteiger partial charge in [0.15, 0.2) is 0 Å². The summed E-state index contributed by atoms with van der Waals surface area (Å²) in [5.74, 6) is -0.391. The first-order chi connectivity index (χ1) is 14.9. The van der Waals surface area contributed by atoms with Gasteiger partial charge in [0, 0.05) is 23.7 Å². The topological polar surface area (TPSA) is 58.2 Å². The van der Waals surface area contributed by atoms with E-state index in [0.29, 0.717) is 37.8 Å². The van der Waals surface area contributed by atoms with Crippen LogP contribution in [-0.4, -0.2) is 24.4 Å². The summed E-state index contributed by atoms with van der Waals surface area (Å²) < 4.78 is 0. The summed E-state index contributed by atoms with van der Waals surface area (Å²) in [6.07, 6.45) is 2.50. The zero-order valence-electron chi connectivity index (χ0n) is 18.2. The van der Waals surface area contributed by atoms with E-state index in [1.807, 2.05) is 0 Å². The second kappa shape index (κ2) is 9.80. The quantitative estimate of drug-likeness (QED) is 0.448. The van der Waals surface area contributed by atoms with Gasteiger partial charge in [-0.3, -0.25) is 9.59 Å². The Labute approximate surface area is 208 Å². The highest BCUT2D eigenvalue weighted by atomic mass is 35.5. The molecule has 0 unspecified atom stereocenters. The number of hydrogen-bond donors (Lipinski definition) is 2. The predicted octanol–water partition coefficient (Wildman–Crippen LogP) is 7.05. The van der Waals surface area contributed by atoms with Crippen molar-refractivity contribution in [1.29, 1.82) is 0 Å². The van der Waals surface area contributed by atoms with Crippen LogP contribution in [0.25, 0.3) is 0 Å². The first-order valence-corrected chi connectivity index (χ1v) is 11.9. The third-order valence-electron chi connectivity index (χ3n) is 5.82. The van der Waals surface area contributed by atoms with Gasteiger partial charge in [-0.15, -0.1) is 0 Å². The third kappa shape index (κ3) is 6.32. The van der Waals surface area contributed by atoms with Gasteiger partial charge in [0.2, 0.25) is 0 Å². The van der Waals surface area contributed by atoms with Crippen LogP contribution < -0.4 is 10.6 Å². The Morgan fingerprint density at radius 3 is 1.91 bits per heavy atom. The Morgan fingerprint density at radius 2 is 1.38 bits per heavy atom. The van der Waals surface area contributed by atoms with E-state index in [0.717, 1.165) is 19.3 Å². The molecule has 2 atom stereocenters. The van der Waals surface area contributed by atoms with Crippen molar-refractivity contribution < 1.29 is 9.59 Å². The molecule has 1 aliphatic carbocycles. The molecule has 2 N–H and O–H groups in total. The Kier molecular flexibility index (Phi) is 7.71. The molecule has 3 rings (SSSR count). The number of amides is 2. The van der Waals surface area contributed by atoms with Gasteiger partial charge in [-0.05, 0) is 66.5 Å². The number of hydrogen-bond acceptors (Lipinski definition) is 2. The fourth-order valence-corrected chi connectivity index (χ4v) is 5.41. The molecule has 4 nitrogen and oxygen atoms in total. The number of halogens is 4. The third-order valence-corrected chi connectivity index (χ3v) is 7.30. The molecule has 0 aromatic heterocycles. The maximum absolute atomic E-state index is 12.8. The zero-order valence-corrected chi connectivity index (χ0v) is 21.2. The molecule has 1 fully saturated rings. The van der Waals surface area contributed by atoms with Gasteiger partial charge in [0.1, 0.15) is 0 Å². The highest BCUT2D eigenvalue weighted by Gasteiger charge is 2.42. The lowest BCUT2D eigenvalue weighted by atomic mass is 9.62. The van der Waals surface area contributed by atoms with Crippen molar-refractivity contribution >= 4 is 58.2 Å². The predicted molar refractivity (Wildman–Crippen MR) is 132 cm³/mol. The van der Waals surface area contributed by atoms with Gasteiger partial charge in [-0.1, -0.05) is 67.2 Å². The monoisotopic (exact) mass is 514 g/mol. The minimum Gasteiger partial charge on any atom is -0.351 e. The zero-order chi connectivity index (χ0) is 23.7. The van der Waals surface area contributed by atoms with Crippen molar-refractivity contribution in [2.45, 2.75) is 46.1 Å². The summed E-state index contributed by atoms with van der Waals surface area (Å²) in [5.41, 5.74) is 0.736. The summed E-state index contributed by atoms with van der Waals surface area (Å²) in [7, 11) is 0. The second-order valence-corrected chi connectivity index (χ2v) is 11.3. The van der Waals surface area contributed by atoms with Gasteiger partial charge in [0.25, 0.3) is 11.8 Å². The first-order valence-electron chi connectivity index (χ1n) is 10.4. The Balaban J connectivity index is 1.68. The van der Waals surface area contributed by atoms with E-state index < -0.39 is 0 Å². The van der Waals surface area contributed by atoms with E-state index in [1.165, 1.54) is 0 Å². The fraction of sp³-hybridized carbons (Fsp3) is 0.417. The molecule has 2 amide bonds. The molecule has 0 aliphatic heterocycles. The molecule has 0 radical (unpaired) electrons. The van der Waals surface area contributed by atoms with Gasteiger partial charge < -0.3 is 10.6 Å². The molecule has 8 heteroatoms. The minimum absolute atomic E-state index is 0.00308. The minimum atomic E-state index is -0.204. The molecule has 0 saturated heterocycles. The number of carbonyl (C=O) groups excluding carboxylic acids is 2. The highest BCUT2D eigenvalue weighted by Crippen LogP contribution is 2.46. The smallest absolute Gasteiger partial charge is 0.251 e. The lowest BCUT2D eigenvalue weighted by Gasteiger charge is -2.47. The van der Waals surface area contributed by atoms with Gasteiger partial charge in [-0.25, -0.2) is 0 Å². The van der Waals surface area contributed by atoms with Crippen LogP contribution in [0.1, 0.15) is 60.7 Å². The fourth-order valence-electron chi connectivity index (χ4n) is 4.81. The summed E-state index contributed by atoms with van der Waals surface area (Å²) >= 11 is 24.0. The van der Waals surface area contributed by atoms with E-state index in [2.05, 4.69) is 31.4 Å². The molecule has 1 aliphatic rings. The highest BCUT2D eigenvalue weighted by molar-refractivity contribution is 6.42. The van der Waals surface area contributed by atoms with Gasteiger partial charge in [0.05, 0.1) is 20.1 Å². The standard InChI is InChI=1S/C24H26Cl4N2O2/c1-23(2)10-16(30-22(32)15-5-7-18(26)20(28)9-15)11-24(3,12-23)13-29-21(31)14-4-6-17(25)19(27)8-14/h4-9,16H,10-13H2,1-3H3,(H,29,31)(H,30,32)/t16-,24-/m1/s1. The lowest BCUT2D eigenvalue weighted by Crippen LogP contribution is -2.50. The van der Waals surface area contributed by atoms with Crippen molar-refractivity contribution in [2.24, 2.45) is 10.8 Å². The summed E-state index contributed by atoms with van der Waals surface area (Å²) in [6, 6.07) is 9.64. The summed E-state index contributed by atoms with van der Waals surface area (Å²) in [4.78, 5) is 25.5. The van der Waals surface area contributed by atoms with Crippen LogP contribution in [0, 0.1) is 10.8 Å². The molecule has 0 spiro atoms. The summed E-state index contributed by atoms with van der Waals surface area (Å²) in [6.45, 7) is 6.99. The van der Waals surface area contributed by atoms with E-state index in [9.17, 15) is 9.59 Å². The van der Waals surface area contributed by atoms with E-state index in [1.54, 1.807) is 36.4 Å². The molecule has 2 aromatic rings. The van der Waals surface area contributed by atoms with Crippen LogP contribution in [0.4, 0.5) is 0 Å². The number of rotatable bonds is 5. The molecule has 172 valence electrons. The van der Waals surface area contributed by atoms with E-state index in [4.69, 9.17) is 46.4 Å². The number of carbonyl (C=O) groups is 2. The molecule has 2 aromatic carbocycles. The Bertz CT molecular complexity index is 1040. The molecule has 32 heavy (non-hydrogen) atoms. The Morgan fingerprint density at radius 1 is 0.844 bits per heavy atom. The molecular weight excluding hydrogens is 490 g/mol. The molecule has 1 saturated carbocycles. The van der Waals surface area contributed by atoms with Gasteiger partial charge >= 0.3 is 0 Å². The van der Waals surface area contributed by atoms with Crippen LogP contribution in [0.3, 0.4) is 0 Å². The maximum Gasteiger partial charge on any atom is 0.251 e. The first kappa shape index (κ1) is 25.2.